The van der Waals surface area contributed by atoms with E-state index in [9.17, 15) is 9.18 Å². The molecule has 0 heterocycles. The van der Waals surface area contributed by atoms with E-state index in [0.717, 1.165) is 17.7 Å². The second-order valence-corrected chi connectivity index (χ2v) is 5.66. The highest BCUT2D eigenvalue weighted by Gasteiger charge is 2.03. The molecule has 128 valence electrons. The zero-order chi connectivity index (χ0) is 17.4. The molecule has 0 saturated heterocycles. The van der Waals surface area contributed by atoms with Gasteiger partial charge in [-0.15, -0.1) is 0 Å². The van der Waals surface area contributed by atoms with E-state index in [2.05, 4.69) is 10.6 Å². The number of hydrogen-bond donors (Lipinski definition) is 2. The molecule has 1 amide bonds. The number of amides is 1. The molecule has 0 aromatic heterocycles. The molecule has 0 bridgehead atoms. The first-order valence-electron chi connectivity index (χ1n) is 7.67. The highest BCUT2D eigenvalue weighted by molar-refractivity contribution is 6.31. The van der Waals surface area contributed by atoms with Gasteiger partial charge >= 0.3 is 0 Å². The number of nitrogens with one attached hydrogen (secondary N) is 2. The maximum Gasteiger partial charge on any atom is 0.221 e. The topological polar surface area (TPSA) is 50.4 Å². The van der Waals surface area contributed by atoms with Gasteiger partial charge in [-0.1, -0.05) is 23.7 Å². The number of halogens is 2. The molecule has 0 aliphatic heterocycles. The monoisotopic (exact) mass is 350 g/mol. The lowest BCUT2D eigenvalue weighted by atomic mass is 10.1. The largest absolute Gasteiger partial charge is 0.497 e. The molecular weight excluding hydrogens is 331 g/mol. The molecule has 0 saturated carbocycles. The van der Waals surface area contributed by atoms with Crippen molar-refractivity contribution < 1.29 is 13.9 Å². The third kappa shape index (κ3) is 5.74. The summed E-state index contributed by atoms with van der Waals surface area (Å²) in [6.45, 7) is 1.02. The maximum atomic E-state index is 13.0. The summed E-state index contributed by atoms with van der Waals surface area (Å²) in [5, 5.41) is 5.97. The van der Waals surface area contributed by atoms with E-state index in [4.69, 9.17) is 16.3 Å². The summed E-state index contributed by atoms with van der Waals surface area (Å²) < 4.78 is 18.2. The zero-order valence-corrected chi connectivity index (χ0v) is 14.2. The average Bonchev–Trinajstić information content (AvgIpc) is 2.58. The SMILES string of the molecule is COc1cccc(CCNC(=O)CCNc2ccc(F)c(Cl)c2)c1. The van der Waals surface area contributed by atoms with Gasteiger partial charge in [0.05, 0.1) is 12.1 Å². The molecule has 0 aliphatic carbocycles. The molecule has 2 N–H and O–H groups in total. The van der Waals surface area contributed by atoms with Crippen LogP contribution in [0.5, 0.6) is 5.75 Å². The van der Waals surface area contributed by atoms with Crippen molar-refractivity contribution in [1.82, 2.24) is 5.32 Å². The van der Waals surface area contributed by atoms with Crippen LogP contribution in [-0.4, -0.2) is 26.1 Å². The number of methoxy groups -OCH3 is 1. The molecule has 2 aromatic rings. The summed E-state index contributed by atoms with van der Waals surface area (Å²) in [6, 6.07) is 12.1. The van der Waals surface area contributed by atoms with Crippen LogP contribution in [0.25, 0.3) is 0 Å². The van der Waals surface area contributed by atoms with Gasteiger partial charge in [-0.2, -0.15) is 0 Å². The van der Waals surface area contributed by atoms with Crippen molar-refractivity contribution in [2.24, 2.45) is 0 Å². The van der Waals surface area contributed by atoms with Crippen molar-refractivity contribution in [2.75, 3.05) is 25.5 Å². The number of ether oxygens (including phenoxy) is 1. The number of carbonyl (C=O) groups excluding carboxylic acids is 1. The van der Waals surface area contributed by atoms with E-state index < -0.39 is 5.82 Å². The minimum absolute atomic E-state index is 0.0430. The summed E-state index contributed by atoms with van der Waals surface area (Å²) >= 11 is 5.70. The number of hydrogen-bond acceptors (Lipinski definition) is 3. The molecule has 2 aromatic carbocycles. The van der Waals surface area contributed by atoms with Gasteiger partial charge in [0.1, 0.15) is 11.6 Å². The summed E-state index contributed by atoms with van der Waals surface area (Å²) in [6.07, 6.45) is 1.07. The zero-order valence-electron chi connectivity index (χ0n) is 13.4. The van der Waals surface area contributed by atoms with E-state index in [1.165, 1.54) is 12.1 Å². The summed E-state index contributed by atoms with van der Waals surface area (Å²) in [4.78, 5) is 11.8. The van der Waals surface area contributed by atoms with E-state index in [1.807, 2.05) is 24.3 Å². The molecule has 0 fully saturated rings. The minimum atomic E-state index is -0.461. The highest BCUT2D eigenvalue weighted by atomic mass is 35.5. The Morgan fingerprint density at radius 2 is 2.04 bits per heavy atom. The fourth-order valence-electron chi connectivity index (χ4n) is 2.19. The van der Waals surface area contributed by atoms with Crippen LogP contribution >= 0.6 is 11.6 Å². The predicted octanol–water partition coefficient (Wildman–Crippen LogP) is 3.65. The minimum Gasteiger partial charge on any atom is -0.497 e. The van der Waals surface area contributed by atoms with Crippen LogP contribution in [0.2, 0.25) is 5.02 Å². The summed E-state index contributed by atoms with van der Waals surface area (Å²) in [5.74, 6) is 0.303. The maximum absolute atomic E-state index is 13.0. The third-order valence-corrected chi connectivity index (χ3v) is 3.76. The average molecular weight is 351 g/mol. The van der Waals surface area contributed by atoms with Crippen LogP contribution in [0.1, 0.15) is 12.0 Å². The molecule has 0 radical (unpaired) electrons. The van der Waals surface area contributed by atoms with Crippen molar-refractivity contribution in [3.63, 3.8) is 0 Å². The highest BCUT2D eigenvalue weighted by Crippen LogP contribution is 2.19. The molecular formula is C18H20ClFN2O2. The van der Waals surface area contributed by atoms with Gasteiger partial charge in [-0.25, -0.2) is 4.39 Å². The van der Waals surface area contributed by atoms with E-state index in [1.54, 1.807) is 13.2 Å². The van der Waals surface area contributed by atoms with E-state index >= 15 is 0 Å². The molecule has 2 rings (SSSR count). The lowest BCUT2D eigenvalue weighted by molar-refractivity contribution is -0.120. The van der Waals surface area contributed by atoms with E-state index in [0.29, 0.717) is 25.2 Å². The summed E-state index contributed by atoms with van der Waals surface area (Å²) in [7, 11) is 1.63. The van der Waals surface area contributed by atoms with Crippen LogP contribution in [0.4, 0.5) is 10.1 Å². The lowest BCUT2D eigenvalue weighted by Gasteiger charge is -2.09. The Balaban J connectivity index is 1.67. The molecule has 0 spiro atoms. The Morgan fingerprint density at radius 3 is 2.79 bits per heavy atom. The van der Waals surface area contributed by atoms with Gasteiger partial charge in [0, 0.05) is 25.2 Å². The van der Waals surface area contributed by atoms with Crippen molar-refractivity contribution >= 4 is 23.2 Å². The van der Waals surface area contributed by atoms with Crippen molar-refractivity contribution in [3.8, 4) is 5.75 Å². The Kier molecular flexibility index (Phi) is 6.88. The Hall–Kier alpha value is -2.27. The van der Waals surface area contributed by atoms with Gasteiger partial charge in [0.2, 0.25) is 5.91 Å². The smallest absolute Gasteiger partial charge is 0.221 e. The lowest BCUT2D eigenvalue weighted by Crippen LogP contribution is -2.27. The van der Waals surface area contributed by atoms with Gasteiger partial charge < -0.3 is 15.4 Å². The van der Waals surface area contributed by atoms with Gasteiger partial charge in [-0.3, -0.25) is 4.79 Å². The normalized spacial score (nSPS) is 10.3. The second kappa shape index (κ2) is 9.13. The number of carbonyl (C=O) groups is 1. The van der Waals surface area contributed by atoms with Gasteiger partial charge in [0.25, 0.3) is 0 Å². The van der Waals surface area contributed by atoms with Crippen LogP contribution in [0.15, 0.2) is 42.5 Å². The fourth-order valence-corrected chi connectivity index (χ4v) is 2.37. The fraction of sp³-hybridized carbons (Fsp3) is 0.278. The predicted molar refractivity (Wildman–Crippen MR) is 94.2 cm³/mol. The van der Waals surface area contributed by atoms with E-state index in [-0.39, 0.29) is 10.9 Å². The molecule has 0 unspecified atom stereocenters. The Morgan fingerprint density at radius 1 is 1.21 bits per heavy atom. The molecule has 0 atom stereocenters. The summed E-state index contributed by atoms with van der Waals surface area (Å²) in [5.41, 5.74) is 1.79. The van der Waals surface area contributed by atoms with Crippen LogP contribution in [0.3, 0.4) is 0 Å². The van der Waals surface area contributed by atoms with Crippen LogP contribution in [-0.2, 0) is 11.2 Å². The number of rotatable bonds is 8. The standard InChI is InChI=1S/C18H20ClFN2O2/c1-24-15-4-2-3-13(11-15)7-9-22-18(23)8-10-21-14-5-6-17(20)16(19)12-14/h2-6,11-12,21H,7-10H2,1H3,(H,22,23). The van der Waals surface area contributed by atoms with Crippen LogP contribution < -0.4 is 15.4 Å². The van der Waals surface area contributed by atoms with Crippen molar-refractivity contribution in [3.05, 3.63) is 58.9 Å². The van der Waals surface area contributed by atoms with Gasteiger partial charge in [-0.05, 0) is 42.3 Å². The van der Waals surface area contributed by atoms with Crippen molar-refractivity contribution in [1.29, 1.82) is 0 Å². The molecule has 4 nitrogen and oxygen atoms in total. The first kappa shape index (κ1) is 18.1. The second-order valence-electron chi connectivity index (χ2n) is 5.26. The molecule has 24 heavy (non-hydrogen) atoms. The Labute approximate surface area is 146 Å². The van der Waals surface area contributed by atoms with Crippen molar-refractivity contribution in [2.45, 2.75) is 12.8 Å². The molecule has 6 heteroatoms. The first-order chi connectivity index (χ1) is 11.6. The quantitative estimate of drug-likeness (QED) is 0.764. The third-order valence-electron chi connectivity index (χ3n) is 3.47. The molecule has 0 aliphatic rings. The van der Waals surface area contributed by atoms with Crippen LogP contribution in [0, 0.1) is 5.82 Å². The first-order valence-corrected chi connectivity index (χ1v) is 8.05. The van der Waals surface area contributed by atoms with Gasteiger partial charge in [0.15, 0.2) is 0 Å². The Bertz CT molecular complexity index is 694. The number of benzene rings is 2. The number of anilines is 1.